The number of pyridine rings is 1. The van der Waals surface area contributed by atoms with Crippen LogP contribution < -0.4 is 16.9 Å². The fourth-order valence-corrected chi connectivity index (χ4v) is 4.50. The third kappa shape index (κ3) is 3.03. The van der Waals surface area contributed by atoms with Gasteiger partial charge >= 0.3 is 0 Å². The first-order valence-corrected chi connectivity index (χ1v) is 10.8. The second-order valence-corrected chi connectivity index (χ2v) is 8.86. The Morgan fingerprint density at radius 1 is 1.12 bits per heavy atom. The summed E-state index contributed by atoms with van der Waals surface area (Å²) in [7, 11) is 0. The number of amides is 1. The molecule has 1 aliphatic carbocycles. The summed E-state index contributed by atoms with van der Waals surface area (Å²) >= 11 is 5.95. The lowest BCUT2D eigenvalue weighted by Crippen LogP contribution is -2.51. The number of likely N-dealkylation sites (tertiary alicyclic amines) is 1. The van der Waals surface area contributed by atoms with Crippen molar-refractivity contribution in [2.75, 3.05) is 24.6 Å². The van der Waals surface area contributed by atoms with Gasteiger partial charge in [0.25, 0.3) is 5.91 Å². The van der Waals surface area contributed by atoms with E-state index in [2.05, 4.69) is 15.0 Å². The molecule has 1 aromatic carbocycles. The minimum absolute atomic E-state index is 0.0147. The van der Waals surface area contributed by atoms with Crippen LogP contribution in [-0.2, 0) is 0 Å². The molecule has 3 aromatic heterocycles. The van der Waals surface area contributed by atoms with Gasteiger partial charge in [-0.1, -0.05) is 11.6 Å². The molecule has 0 atom stereocenters. The molecule has 4 N–H and O–H groups in total. The number of anilines is 2. The fraction of sp³-hybridized carbons (Fsp3) is 0.286. The summed E-state index contributed by atoms with van der Waals surface area (Å²) in [4.78, 5) is 40.3. The number of fused-ring (bicyclic) bond motifs is 2. The average Bonchev–Trinajstić information content (AvgIpc) is 3.49. The molecule has 1 amide bonds. The number of aromatic nitrogens is 5. The van der Waals surface area contributed by atoms with Crippen LogP contribution in [0.25, 0.3) is 22.1 Å². The number of rotatable bonds is 3. The average molecular weight is 469 g/mol. The highest BCUT2D eigenvalue weighted by Crippen LogP contribution is 2.38. The van der Waals surface area contributed by atoms with Gasteiger partial charge in [-0.25, -0.2) is 9.37 Å². The molecule has 1 aliphatic heterocycles. The van der Waals surface area contributed by atoms with E-state index in [1.165, 1.54) is 6.07 Å². The topological polar surface area (TPSA) is 138 Å². The largest absolute Gasteiger partial charge is 0.382 e. The molecule has 1 saturated carbocycles. The van der Waals surface area contributed by atoms with E-state index < -0.39 is 17.2 Å². The lowest BCUT2D eigenvalue weighted by atomic mass is 10.0. The predicted molar refractivity (Wildman–Crippen MR) is 121 cm³/mol. The van der Waals surface area contributed by atoms with Crippen molar-refractivity contribution in [3.8, 4) is 0 Å². The monoisotopic (exact) mass is 468 g/mol. The lowest BCUT2D eigenvalue weighted by Gasteiger charge is -2.39. The summed E-state index contributed by atoms with van der Waals surface area (Å²) in [6, 6.07) is 2.62. The van der Waals surface area contributed by atoms with E-state index in [9.17, 15) is 14.0 Å². The van der Waals surface area contributed by atoms with Crippen molar-refractivity contribution < 1.29 is 9.18 Å². The maximum absolute atomic E-state index is 14.1. The van der Waals surface area contributed by atoms with Gasteiger partial charge in [0.15, 0.2) is 11.5 Å². The van der Waals surface area contributed by atoms with E-state index in [4.69, 9.17) is 23.1 Å². The van der Waals surface area contributed by atoms with Crippen molar-refractivity contribution in [1.29, 1.82) is 0 Å². The van der Waals surface area contributed by atoms with Gasteiger partial charge in [0.2, 0.25) is 11.4 Å². The van der Waals surface area contributed by atoms with Crippen LogP contribution in [0.4, 0.5) is 16.2 Å². The van der Waals surface area contributed by atoms with Crippen molar-refractivity contribution in [2.45, 2.75) is 24.9 Å². The zero-order chi connectivity index (χ0) is 23.0. The van der Waals surface area contributed by atoms with Crippen LogP contribution in [0.5, 0.6) is 0 Å². The molecular weight excluding hydrogens is 451 g/mol. The molecule has 10 nitrogen and oxygen atoms in total. The van der Waals surface area contributed by atoms with Gasteiger partial charge in [-0.3, -0.25) is 9.59 Å². The highest BCUT2D eigenvalue weighted by atomic mass is 35.5. The number of benzene rings is 1. The highest BCUT2D eigenvalue weighted by Gasteiger charge is 2.36. The molecule has 12 heteroatoms. The Kier molecular flexibility index (Phi) is 4.15. The molecule has 4 heterocycles. The smallest absolute Gasteiger partial charge is 0.259 e. The number of nitrogen functional groups attached to an aromatic ring is 2. The number of nitrogens with two attached hydrogens (primary N) is 2. The van der Waals surface area contributed by atoms with E-state index in [-0.39, 0.29) is 39.8 Å². The first-order chi connectivity index (χ1) is 15.8. The molecule has 33 heavy (non-hydrogen) atoms. The molecule has 0 spiro atoms. The Balaban J connectivity index is 1.33. The van der Waals surface area contributed by atoms with Crippen LogP contribution in [0, 0.1) is 5.82 Å². The molecule has 1 saturated heterocycles. The zero-order valence-corrected chi connectivity index (χ0v) is 18.0. The van der Waals surface area contributed by atoms with Crippen molar-refractivity contribution in [2.24, 2.45) is 0 Å². The van der Waals surface area contributed by atoms with Crippen molar-refractivity contribution >= 4 is 51.3 Å². The van der Waals surface area contributed by atoms with Gasteiger partial charge in [-0.15, -0.1) is 0 Å². The Labute approximate surface area is 190 Å². The van der Waals surface area contributed by atoms with Crippen LogP contribution in [0.1, 0.15) is 35.3 Å². The van der Waals surface area contributed by atoms with Crippen LogP contribution in [0.2, 0.25) is 5.02 Å². The Morgan fingerprint density at radius 2 is 1.88 bits per heavy atom. The summed E-state index contributed by atoms with van der Waals surface area (Å²) in [6.45, 7) is 0.702. The second-order valence-electron chi connectivity index (χ2n) is 8.45. The minimum atomic E-state index is -0.690. The van der Waals surface area contributed by atoms with Crippen molar-refractivity contribution in [3.63, 3.8) is 0 Å². The van der Waals surface area contributed by atoms with Crippen molar-refractivity contribution in [1.82, 2.24) is 29.0 Å². The standard InChI is InChI=1S/C21H18ClFN8O2/c22-13-4-15-11(3-14(13)23)17(32)12(7-30(15)9-1-2-9)20(33)29-5-10(6-29)31-8-26-16-18(24)27-21(25)28-19(16)31/h3-4,7-10H,1-2,5-6H2,(H4,24,25,27,28). The number of halogens is 2. The summed E-state index contributed by atoms with van der Waals surface area (Å²) < 4.78 is 17.8. The number of nitrogens with zero attached hydrogens (tertiary/aromatic N) is 6. The fourth-order valence-electron chi connectivity index (χ4n) is 4.34. The minimum Gasteiger partial charge on any atom is -0.382 e. The van der Waals surface area contributed by atoms with Crippen LogP contribution >= 0.6 is 11.6 Å². The van der Waals surface area contributed by atoms with Crippen LogP contribution in [0.15, 0.2) is 29.5 Å². The Bertz CT molecular complexity index is 1540. The first-order valence-electron chi connectivity index (χ1n) is 10.4. The predicted octanol–water partition coefficient (Wildman–Crippen LogP) is 2.13. The first kappa shape index (κ1) is 19.9. The molecule has 0 bridgehead atoms. The number of imidazole rings is 1. The van der Waals surface area contributed by atoms with E-state index in [1.54, 1.807) is 22.0 Å². The van der Waals surface area contributed by atoms with Gasteiger partial charge in [-0.05, 0) is 25.0 Å². The molecule has 168 valence electrons. The molecule has 6 rings (SSSR count). The van der Waals surface area contributed by atoms with Crippen LogP contribution in [0.3, 0.4) is 0 Å². The zero-order valence-electron chi connectivity index (χ0n) is 17.2. The SMILES string of the molecule is Nc1nc(N)c2ncn(C3CN(C(=O)c4cn(C5CC5)c5cc(Cl)c(F)cc5c4=O)C3)c2n1. The molecule has 0 unspecified atom stereocenters. The van der Waals surface area contributed by atoms with E-state index in [0.717, 1.165) is 18.9 Å². The van der Waals surface area contributed by atoms with Gasteiger partial charge in [0.05, 0.1) is 22.9 Å². The number of hydrogen-bond donors (Lipinski definition) is 2. The lowest BCUT2D eigenvalue weighted by molar-refractivity contribution is 0.0523. The number of carbonyl (C=O) groups is 1. The molecule has 4 aromatic rings. The Morgan fingerprint density at radius 3 is 2.61 bits per heavy atom. The Hall–Kier alpha value is -3.73. The summed E-state index contributed by atoms with van der Waals surface area (Å²) in [6.07, 6.45) is 5.01. The van der Waals surface area contributed by atoms with E-state index >= 15 is 0 Å². The summed E-state index contributed by atoms with van der Waals surface area (Å²) in [5.41, 5.74) is 12.5. The van der Waals surface area contributed by atoms with E-state index in [0.29, 0.717) is 29.8 Å². The van der Waals surface area contributed by atoms with Gasteiger partial charge in [0.1, 0.15) is 16.9 Å². The van der Waals surface area contributed by atoms with Gasteiger partial charge < -0.3 is 25.5 Å². The summed E-state index contributed by atoms with van der Waals surface area (Å²) in [5, 5.41) is 0.0913. The normalized spacial score (nSPS) is 16.5. The second kappa shape index (κ2) is 6.88. The molecule has 2 fully saturated rings. The van der Waals surface area contributed by atoms with Gasteiger partial charge in [-0.2, -0.15) is 9.97 Å². The molecular formula is C21H18ClFN8O2. The highest BCUT2D eigenvalue weighted by molar-refractivity contribution is 6.31. The van der Waals surface area contributed by atoms with Gasteiger partial charge in [0, 0.05) is 30.7 Å². The third-order valence-corrected chi connectivity index (χ3v) is 6.54. The maximum Gasteiger partial charge on any atom is 0.259 e. The molecule has 0 radical (unpaired) electrons. The summed E-state index contributed by atoms with van der Waals surface area (Å²) in [5.74, 6) is -0.864. The van der Waals surface area contributed by atoms with Crippen molar-refractivity contribution in [3.05, 3.63) is 51.3 Å². The number of hydrogen-bond acceptors (Lipinski definition) is 7. The number of carbonyl (C=O) groups excluding carboxylic acids is 1. The quantitative estimate of drug-likeness (QED) is 0.469. The molecule has 2 aliphatic rings. The third-order valence-electron chi connectivity index (χ3n) is 6.25. The van der Waals surface area contributed by atoms with E-state index in [1.807, 2.05) is 4.57 Å². The maximum atomic E-state index is 14.1. The van der Waals surface area contributed by atoms with Crippen LogP contribution in [-0.4, -0.2) is 48.0 Å².